The lowest BCUT2D eigenvalue weighted by atomic mass is 10.1. The molecule has 5 heteroatoms. The van der Waals surface area contributed by atoms with Crippen molar-refractivity contribution in [3.05, 3.63) is 65.0 Å². The molecule has 1 amide bonds. The lowest BCUT2D eigenvalue weighted by molar-refractivity contribution is -0.123. The van der Waals surface area contributed by atoms with Crippen molar-refractivity contribution in [2.75, 3.05) is 26.2 Å². The molecule has 144 valence electrons. The number of halogens is 1. The highest BCUT2D eigenvalue weighted by atomic mass is 19.1. The molecule has 1 unspecified atom stereocenters. The Hall–Kier alpha value is -2.40. The first kappa shape index (κ1) is 19.4. The SMILES string of the molecule is Cc1ccc(OCC(=O)NCC(c2ccc(F)cc2)N2CCCC2)cc1C. The van der Waals surface area contributed by atoms with Gasteiger partial charge in [0.25, 0.3) is 5.91 Å². The standard InChI is InChI=1S/C22H27FN2O2/c1-16-5-10-20(13-17(16)2)27-15-22(26)24-14-21(25-11-3-4-12-25)18-6-8-19(23)9-7-18/h5-10,13,21H,3-4,11-12,14-15H2,1-2H3,(H,24,26). The average Bonchev–Trinajstić information content (AvgIpc) is 3.19. The summed E-state index contributed by atoms with van der Waals surface area (Å²) >= 11 is 0. The summed E-state index contributed by atoms with van der Waals surface area (Å²) in [5.41, 5.74) is 3.35. The van der Waals surface area contributed by atoms with E-state index < -0.39 is 0 Å². The maximum atomic E-state index is 13.3. The number of nitrogens with one attached hydrogen (secondary N) is 1. The minimum atomic E-state index is -0.246. The molecule has 3 rings (SSSR count). The summed E-state index contributed by atoms with van der Waals surface area (Å²) in [5.74, 6) is 0.298. The molecule has 0 saturated carbocycles. The Balaban J connectivity index is 1.56. The van der Waals surface area contributed by atoms with E-state index >= 15 is 0 Å². The number of rotatable bonds is 7. The first-order valence-electron chi connectivity index (χ1n) is 9.49. The minimum absolute atomic E-state index is 0.0152. The van der Waals surface area contributed by atoms with Crippen LogP contribution < -0.4 is 10.1 Å². The second kappa shape index (κ2) is 9.00. The largest absolute Gasteiger partial charge is 0.484 e. The third-order valence-electron chi connectivity index (χ3n) is 5.18. The molecular weight excluding hydrogens is 343 g/mol. The van der Waals surface area contributed by atoms with Crippen LogP contribution >= 0.6 is 0 Å². The van der Waals surface area contributed by atoms with Gasteiger partial charge in [-0.25, -0.2) is 4.39 Å². The predicted octanol–water partition coefficient (Wildman–Crippen LogP) is 3.77. The Kier molecular flexibility index (Phi) is 6.45. The van der Waals surface area contributed by atoms with Crippen molar-refractivity contribution in [2.45, 2.75) is 32.7 Å². The number of carbonyl (C=O) groups is 1. The lowest BCUT2D eigenvalue weighted by Crippen LogP contribution is -2.38. The number of carbonyl (C=O) groups excluding carboxylic acids is 1. The highest BCUT2D eigenvalue weighted by Gasteiger charge is 2.24. The van der Waals surface area contributed by atoms with E-state index in [0.717, 1.165) is 37.1 Å². The molecule has 2 aromatic carbocycles. The molecule has 1 fully saturated rings. The fraction of sp³-hybridized carbons (Fsp3) is 0.409. The fourth-order valence-corrected chi connectivity index (χ4v) is 3.41. The van der Waals surface area contributed by atoms with Crippen LogP contribution in [0, 0.1) is 19.7 Å². The van der Waals surface area contributed by atoms with Gasteiger partial charge in [0, 0.05) is 6.54 Å². The second-order valence-corrected chi connectivity index (χ2v) is 7.15. The van der Waals surface area contributed by atoms with Gasteiger partial charge < -0.3 is 10.1 Å². The smallest absolute Gasteiger partial charge is 0.258 e. The zero-order valence-corrected chi connectivity index (χ0v) is 16.0. The van der Waals surface area contributed by atoms with Crippen LogP contribution in [0.15, 0.2) is 42.5 Å². The number of amides is 1. The molecule has 1 saturated heterocycles. The van der Waals surface area contributed by atoms with E-state index in [1.165, 1.54) is 17.7 Å². The van der Waals surface area contributed by atoms with Crippen molar-refractivity contribution in [2.24, 2.45) is 0 Å². The summed E-state index contributed by atoms with van der Waals surface area (Å²) in [6.07, 6.45) is 2.31. The molecule has 0 spiro atoms. The Labute approximate surface area is 160 Å². The summed E-state index contributed by atoms with van der Waals surface area (Å²) < 4.78 is 18.9. The first-order chi connectivity index (χ1) is 13.0. The monoisotopic (exact) mass is 370 g/mol. The fourth-order valence-electron chi connectivity index (χ4n) is 3.41. The van der Waals surface area contributed by atoms with Gasteiger partial charge in [0.15, 0.2) is 6.61 Å². The summed E-state index contributed by atoms with van der Waals surface area (Å²) in [7, 11) is 0. The van der Waals surface area contributed by atoms with Crippen molar-refractivity contribution in [1.82, 2.24) is 10.2 Å². The molecule has 4 nitrogen and oxygen atoms in total. The average molecular weight is 370 g/mol. The molecular formula is C22H27FN2O2. The van der Waals surface area contributed by atoms with E-state index in [0.29, 0.717) is 12.3 Å². The molecule has 0 bridgehead atoms. The molecule has 1 N–H and O–H groups in total. The van der Waals surface area contributed by atoms with Crippen LogP contribution in [0.1, 0.15) is 35.6 Å². The molecule has 0 radical (unpaired) electrons. The van der Waals surface area contributed by atoms with E-state index in [1.807, 2.05) is 32.0 Å². The van der Waals surface area contributed by atoms with Crippen molar-refractivity contribution in [3.63, 3.8) is 0 Å². The maximum Gasteiger partial charge on any atom is 0.258 e. The number of hydrogen-bond acceptors (Lipinski definition) is 3. The summed E-state index contributed by atoms with van der Waals surface area (Å²) in [6.45, 7) is 6.53. The highest BCUT2D eigenvalue weighted by Crippen LogP contribution is 2.25. The molecule has 0 aromatic heterocycles. The van der Waals surface area contributed by atoms with Crippen molar-refractivity contribution >= 4 is 5.91 Å². The minimum Gasteiger partial charge on any atom is -0.484 e. The van der Waals surface area contributed by atoms with Crippen LogP contribution in [-0.2, 0) is 4.79 Å². The first-order valence-corrected chi connectivity index (χ1v) is 9.49. The number of nitrogens with zero attached hydrogens (tertiary/aromatic N) is 1. The van der Waals surface area contributed by atoms with Crippen LogP contribution in [0.3, 0.4) is 0 Å². The van der Waals surface area contributed by atoms with Gasteiger partial charge >= 0.3 is 0 Å². The van der Waals surface area contributed by atoms with Crippen molar-refractivity contribution in [3.8, 4) is 5.75 Å². The number of hydrogen-bond donors (Lipinski definition) is 1. The highest BCUT2D eigenvalue weighted by molar-refractivity contribution is 5.77. The Morgan fingerprint density at radius 1 is 1.11 bits per heavy atom. The number of likely N-dealkylation sites (tertiary alicyclic amines) is 1. The van der Waals surface area contributed by atoms with Gasteiger partial charge in [0.2, 0.25) is 0 Å². The predicted molar refractivity (Wildman–Crippen MR) is 104 cm³/mol. The van der Waals surface area contributed by atoms with Crippen molar-refractivity contribution in [1.29, 1.82) is 0 Å². The number of benzene rings is 2. The number of aryl methyl sites for hydroxylation is 2. The van der Waals surface area contributed by atoms with E-state index in [1.54, 1.807) is 12.1 Å². The van der Waals surface area contributed by atoms with Gasteiger partial charge in [-0.15, -0.1) is 0 Å². The van der Waals surface area contributed by atoms with E-state index in [9.17, 15) is 9.18 Å². The maximum absolute atomic E-state index is 13.3. The Morgan fingerprint density at radius 3 is 2.48 bits per heavy atom. The molecule has 1 aliphatic heterocycles. The summed E-state index contributed by atoms with van der Waals surface area (Å²) in [4.78, 5) is 14.6. The Morgan fingerprint density at radius 2 is 1.81 bits per heavy atom. The van der Waals surface area contributed by atoms with Crippen LogP contribution in [0.5, 0.6) is 5.75 Å². The van der Waals surface area contributed by atoms with Crippen LogP contribution in [0.4, 0.5) is 4.39 Å². The van der Waals surface area contributed by atoms with Crippen molar-refractivity contribution < 1.29 is 13.9 Å². The third kappa shape index (κ3) is 5.30. The van der Waals surface area contributed by atoms with Gasteiger partial charge in [0.05, 0.1) is 6.04 Å². The van der Waals surface area contributed by atoms with Gasteiger partial charge in [-0.2, -0.15) is 0 Å². The molecule has 1 aliphatic rings. The van der Waals surface area contributed by atoms with E-state index in [2.05, 4.69) is 10.2 Å². The Bertz CT molecular complexity index is 770. The zero-order valence-electron chi connectivity index (χ0n) is 16.0. The van der Waals surface area contributed by atoms with E-state index in [-0.39, 0.29) is 24.4 Å². The van der Waals surface area contributed by atoms with Crippen LogP contribution in [0.2, 0.25) is 0 Å². The molecule has 1 heterocycles. The van der Waals surface area contributed by atoms with Gasteiger partial charge in [0.1, 0.15) is 11.6 Å². The van der Waals surface area contributed by atoms with Gasteiger partial charge in [-0.05, 0) is 80.7 Å². The molecule has 0 aliphatic carbocycles. The third-order valence-corrected chi connectivity index (χ3v) is 5.18. The zero-order chi connectivity index (χ0) is 19.2. The van der Waals surface area contributed by atoms with Gasteiger partial charge in [-0.1, -0.05) is 18.2 Å². The van der Waals surface area contributed by atoms with E-state index in [4.69, 9.17) is 4.74 Å². The summed E-state index contributed by atoms with van der Waals surface area (Å²) in [5, 5.41) is 2.97. The quantitative estimate of drug-likeness (QED) is 0.807. The van der Waals surface area contributed by atoms with Crippen LogP contribution in [-0.4, -0.2) is 37.0 Å². The molecule has 27 heavy (non-hydrogen) atoms. The van der Waals surface area contributed by atoms with Crippen LogP contribution in [0.25, 0.3) is 0 Å². The number of ether oxygens (including phenoxy) is 1. The molecule has 1 atom stereocenters. The lowest BCUT2D eigenvalue weighted by Gasteiger charge is -2.28. The summed E-state index contributed by atoms with van der Waals surface area (Å²) in [6, 6.07) is 12.4. The normalized spacial score (nSPS) is 15.5. The second-order valence-electron chi connectivity index (χ2n) is 7.15. The topological polar surface area (TPSA) is 41.6 Å². The van der Waals surface area contributed by atoms with Gasteiger partial charge in [-0.3, -0.25) is 9.69 Å². The molecule has 2 aromatic rings.